The fourth-order valence-corrected chi connectivity index (χ4v) is 2.12. The van der Waals surface area contributed by atoms with Gasteiger partial charge in [-0.05, 0) is 32.1 Å². The first kappa shape index (κ1) is 14.6. The molecule has 18 heavy (non-hydrogen) atoms. The van der Waals surface area contributed by atoms with E-state index in [-0.39, 0.29) is 17.9 Å². The number of carbonyl (C=O) groups is 1. The second-order valence-corrected chi connectivity index (χ2v) is 4.68. The number of carbonyl (C=O) groups excluding carboxylic acids is 1. The molecule has 1 aliphatic carbocycles. The summed E-state index contributed by atoms with van der Waals surface area (Å²) in [7, 11) is 0. The number of ether oxygens (including phenoxy) is 1. The molecule has 0 aromatic heterocycles. The van der Waals surface area contributed by atoms with Crippen molar-refractivity contribution in [2.24, 2.45) is 5.92 Å². The lowest BCUT2D eigenvalue weighted by Gasteiger charge is -2.24. The molecule has 0 spiro atoms. The van der Waals surface area contributed by atoms with E-state index < -0.39 is 0 Å². The molecule has 4 nitrogen and oxygen atoms in total. The lowest BCUT2D eigenvalue weighted by Crippen LogP contribution is -2.42. The van der Waals surface area contributed by atoms with Gasteiger partial charge in [-0.25, -0.2) is 4.79 Å². The molecule has 0 bridgehead atoms. The SMILES string of the molecule is CCOC(=O)[C@@H](NC1=C(C#N)CCC1)[C@@H](C)CC. The van der Waals surface area contributed by atoms with E-state index in [1.54, 1.807) is 6.92 Å². The number of rotatable bonds is 6. The van der Waals surface area contributed by atoms with Crippen LogP contribution in [0.15, 0.2) is 11.3 Å². The minimum absolute atomic E-state index is 0.192. The highest BCUT2D eigenvalue weighted by Gasteiger charge is 2.27. The van der Waals surface area contributed by atoms with E-state index in [1.807, 2.05) is 13.8 Å². The maximum Gasteiger partial charge on any atom is 0.328 e. The number of hydrogen-bond acceptors (Lipinski definition) is 4. The van der Waals surface area contributed by atoms with Gasteiger partial charge in [-0.2, -0.15) is 5.26 Å². The summed E-state index contributed by atoms with van der Waals surface area (Å²) in [5.74, 6) is -0.0272. The Morgan fingerprint density at radius 3 is 2.78 bits per heavy atom. The number of allylic oxidation sites excluding steroid dienone is 2. The van der Waals surface area contributed by atoms with E-state index in [0.29, 0.717) is 6.61 Å². The maximum absolute atomic E-state index is 11.9. The average molecular weight is 250 g/mol. The normalized spacial score (nSPS) is 18.1. The molecule has 0 aromatic carbocycles. The highest BCUT2D eigenvalue weighted by atomic mass is 16.5. The van der Waals surface area contributed by atoms with Crippen LogP contribution >= 0.6 is 0 Å². The van der Waals surface area contributed by atoms with Crippen molar-refractivity contribution in [1.29, 1.82) is 5.26 Å². The van der Waals surface area contributed by atoms with Gasteiger partial charge < -0.3 is 10.1 Å². The van der Waals surface area contributed by atoms with E-state index >= 15 is 0 Å². The van der Waals surface area contributed by atoms with Gasteiger partial charge in [-0.1, -0.05) is 20.3 Å². The Morgan fingerprint density at radius 1 is 1.50 bits per heavy atom. The zero-order chi connectivity index (χ0) is 13.5. The van der Waals surface area contributed by atoms with Crippen LogP contribution in [-0.2, 0) is 9.53 Å². The van der Waals surface area contributed by atoms with Gasteiger partial charge >= 0.3 is 5.97 Å². The lowest BCUT2D eigenvalue weighted by atomic mass is 9.98. The molecule has 0 unspecified atom stereocenters. The number of nitriles is 1. The predicted octanol–water partition coefficient (Wildman–Crippen LogP) is 2.52. The van der Waals surface area contributed by atoms with E-state index in [4.69, 9.17) is 10.00 Å². The fourth-order valence-electron chi connectivity index (χ4n) is 2.12. The van der Waals surface area contributed by atoms with Crippen LogP contribution in [0.1, 0.15) is 46.5 Å². The number of hydrogen-bond donors (Lipinski definition) is 1. The number of nitrogens with one attached hydrogen (secondary N) is 1. The van der Waals surface area contributed by atoms with Gasteiger partial charge in [-0.3, -0.25) is 0 Å². The molecule has 100 valence electrons. The third-order valence-corrected chi connectivity index (χ3v) is 3.44. The molecule has 2 atom stereocenters. The van der Waals surface area contributed by atoms with Gasteiger partial charge in [0.1, 0.15) is 6.04 Å². The van der Waals surface area contributed by atoms with E-state index in [0.717, 1.165) is 37.0 Å². The van der Waals surface area contributed by atoms with Crippen LogP contribution in [0.25, 0.3) is 0 Å². The molecule has 0 aliphatic heterocycles. The van der Waals surface area contributed by atoms with Crippen LogP contribution in [0, 0.1) is 17.2 Å². The van der Waals surface area contributed by atoms with Crippen LogP contribution in [0.3, 0.4) is 0 Å². The minimum atomic E-state index is -0.341. The molecular weight excluding hydrogens is 228 g/mol. The van der Waals surface area contributed by atoms with Crippen molar-refractivity contribution in [3.63, 3.8) is 0 Å². The third kappa shape index (κ3) is 3.49. The average Bonchev–Trinajstić information content (AvgIpc) is 2.82. The van der Waals surface area contributed by atoms with Crippen LogP contribution < -0.4 is 5.32 Å². The first-order valence-electron chi connectivity index (χ1n) is 6.69. The van der Waals surface area contributed by atoms with Crippen molar-refractivity contribution in [2.45, 2.75) is 52.5 Å². The molecule has 1 aliphatic rings. The largest absolute Gasteiger partial charge is 0.464 e. The van der Waals surface area contributed by atoms with Gasteiger partial charge in [0.05, 0.1) is 12.7 Å². The standard InChI is InChI=1S/C14H22N2O2/c1-4-10(3)13(14(17)18-5-2)16-12-8-6-7-11(12)9-15/h10,13,16H,4-8H2,1-3H3/t10-,13-/m0/s1. The Morgan fingerprint density at radius 2 is 2.22 bits per heavy atom. The quantitative estimate of drug-likeness (QED) is 0.736. The molecule has 0 heterocycles. The van der Waals surface area contributed by atoms with Gasteiger partial charge in [0, 0.05) is 11.3 Å². The monoisotopic (exact) mass is 250 g/mol. The van der Waals surface area contributed by atoms with Crippen LogP contribution in [0.4, 0.5) is 0 Å². The molecule has 4 heteroatoms. The number of nitrogens with zero attached hydrogens (tertiary/aromatic N) is 1. The summed E-state index contributed by atoms with van der Waals surface area (Å²) >= 11 is 0. The summed E-state index contributed by atoms with van der Waals surface area (Å²) in [6.07, 6.45) is 3.55. The molecule has 0 aromatic rings. The van der Waals surface area contributed by atoms with Gasteiger partial charge in [0.15, 0.2) is 0 Å². The topological polar surface area (TPSA) is 62.1 Å². The highest BCUT2D eigenvalue weighted by molar-refractivity contribution is 5.76. The van der Waals surface area contributed by atoms with Crippen molar-refractivity contribution in [3.05, 3.63) is 11.3 Å². The summed E-state index contributed by atoms with van der Waals surface area (Å²) in [4.78, 5) is 11.9. The summed E-state index contributed by atoms with van der Waals surface area (Å²) in [5.41, 5.74) is 1.71. The van der Waals surface area contributed by atoms with Crippen molar-refractivity contribution in [3.8, 4) is 6.07 Å². The second-order valence-electron chi connectivity index (χ2n) is 4.68. The lowest BCUT2D eigenvalue weighted by molar-refractivity contribution is -0.146. The summed E-state index contributed by atoms with van der Waals surface area (Å²) < 4.78 is 5.10. The van der Waals surface area contributed by atoms with Gasteiger partial charge in [0.25, 0.3) is 0 Å². The van der Waals surface area contributed by atoms with Crippen molar-refractivity contribution in [2.75, 3.05) is 6.61 Å². The van der Waals surface area contributed by atoms with Crippen molar-refractivity contribution >= 4 is 5.97 Å². The Hall–Kier alpha value is -1.50. The highest BCUT2D eigenvalue weighted by Crippen LogP contribution is 2.25. The van der Waals surface area contributed by atoms with Gasteiger partial charge in [0.2, 0.25) is 0 Å². The van der Waals surface area contributed by atoms with Crippen LogP contribution in [-0.4, -0.2) is 18.6 Å². The summed E-state index contributed by atoms with van der Waals surface area (Å²) in [6.45, 7) is 6.27. The zero-order valence-electron chi connectivity index (χ0n) is 11.5. The van der Waals surface area contributed by atoms with E-state index in [2.05, 4.69) is 11.4 Å². The molecule has 0 fully saturated rings. The summed E-state index contributed by atoms with van der Waals surface area (Å²) in [5, 5.41) is 12.3. The fraction of sp³-hybridized carbons (Fsp3) is 0.714. The van der Waals surface area contributed by atoms with E-state index in [9.17, 15) is 4.79 Å². The minimum Gasteiger partial charge on any atom is -0.464 e. The van der Waals surface area contributed by atoms with Gasteiger partial charge in [-0.15, -0.1) is 0 Å². The van der Waals surface area contributed by atoms with Crippen LogP contribution in [0.2, 0.25) is 0 Å². The first-order valence-corrected chi connectivity index (χ1v) is 6.69. The van der Waals surface area contributed by atoms with Crippen LogP contribution in [0.5, 0.6) is 0 Å². The molecule has 1 rings (SSSR count). The predicted molar refractivity (Wildman–Crippen MR) is 69.5 cm³/mol. The van der Waals surface area contributed by atoms with E-state index in [1.165, 1.54) is 0 Å². The van der Waals surface area contributed by atoms with Crippen molar-refractivity contribution < 1.29 is 9.53 Å². The molecule has 0 saturated heterocycles. The maximum atomic E-state index is 11.9. The third-order valence-electron chi connectivity index (χ3n) is 3.44. The molecule has 1 N–H and O–H groups in total. The second kappa shape index (κ2) is 7.05. The molecule has 0 amide bonds. The smallest absolute Gasteiger partial charge is 0.328 e. The van der Waals surface area contributed by atoms with Crippen molar-refractivity contribution in [1.82, 2.24) is 5.32 Å². The Balaban J connectivity index is 2.79. The molecule has 0 radical (unpaired) electrons. The Labute approximate surface area is 109 Å². The number of esters is 1. The first-order chi connectivity index (χ1) is 8.63. The zero-order valence-corrected chi connectivity index (χ0v) is 11.5. The Bertz CT molecular complexity index is 368. The Kier molecular flexibility index (Phi) is 5.70. The summed E-state index contributed by atoms with van der Waals surface area (Å²) in [6, 6.07) is 1.87. The molecular formula is C14H22N2O2. The molecule has 0 saturated carbocycles.